The van der Waals surface area contributed by atoms with E-state index in [2.05, 4.69) is 23.7 Å². The van der Waals surface area contributed by atoms with Gasteiger partial charge in [-0.2, -0.15) is 11.3 Å². The van der Waals surface area contributed by atoms with Crippen molar-refractivity contribution in [3.63, 3.8) is 0 Å². The molecule has 0 bridgehead atoms. The molecule has 1 atom stereocenters. The van der Waals surface area contributed by atoms with Gasteiger partial charge in [0, 0.05) is 17.1 Å². The van der Waals surface area contributed by atoms with Gasteiger partial charge in [-0.25, -0.2) is 0 Å². The summed E-state index contributed by atoms with van der Waals surface area (Å²) in [6, 6.07) is 9.59. The zero-order chi connectivity index (χ0) is 10.7. The number of nitrogens with one attached hydrogen (secondary N) is 1. The average molecular weight is 219 g/mol. The van der Waals surface area contributed by atoms with Crippen molar-refractivity contribution in [1.82, 2.24) is 0 Å². The van der Waals surface area contributed by atoms with Gasteiger partial charge >= 0.3 is 0 Å². The maximum Gasteiger partial charge on any atom is 0.115 e. The molecule has 0 aliphatic carbocycles. The van der Waals surface area contributed by atoms with E-state index >= 15 is 0 Å². The largest absolute Gasteiger partial charge is 0.508 e. The standard InChI is InChI=1S/C12H13NOS/c1-9(13-11-6-7-15-8-11)10-2-4-12(14)5-3-10/h2-9,13-14H,1H3. The Morgan fingerprint density at radius 1 is 1.20 bits per heavy atom. The van der Waals surface area contributed by atoms with Crippen LogP contribution in [0.5, 0.6) is 5.75 Å². The number of phenolic OH excluding ortho intramolecular Hbond substituents is 1. The van der Waals surface area contributed by atoms with Gasteiger partial charge in [-0.1, -0.05) is 12.1 Å². The third kappa shape index (κ3) is 2.50. The van der Waals surface area contributed by atoms with Crippen molar-refractivity contribution in [1.29, 1.82) is 0 Å². The summed E-state index contributed by atoms with van der Waals surface area (Å²) in [6.45, 7) is 2.10. The van der Waals surface area contributed by atoms with Crippen molar-refractivity contribution in [2.24, 2.45) is 0 Å². The predicted molar refractivity (Wildman–Crippen MR) is 64.5 cm³/mol. The summed E-state index contributed by atoms with van der Waals surface area (Å²) in [5, 5.41) is 16.7. The summed E-state index contributed by atoms with van der Waals surface area (Å²) in [4.78, 5) is 0. The summed E-state index contributed by atoms with van der Waals surface area (Å²) in [5.74, 6) is 0.307. The smallest absolute Gasteiger partial charge is 0.115 e. The minimum atomic E-state index is 0.250. The maximum atomic E-state index is 9.18. The van der Waals surface area contributed by atoms with E-state index in [9.17, 15) is 5.11 Å². The molecule has 2 rings (SSSR count). The van der Waals surface area contributed by atoms with Crippen molar-refractivity contribution in [3.8, 4) is 5.75 Å². The van der Waals surface area contributed by atoms with Gasteiger partial charge in [0.2, 0.25) is 0 Å². The Bertz CT molecular complexity index is 408. The van der Waals surface area contributed by atoms with E-state index in [0.29, 0.717) is 5.75 Å². The van der Waals surface area contributed by atoms with E-state index in [-0.39, 0.29) is 6.04 Å². The number of benzene rings is 1. The van der Waals surface area contributed by atoms with Crippen molar-refractivity contribution in [3.05, 3.63) is 46.7 Å². The Hall–Kier alpha value is -1.48. The van der Waals surface area contributed by atoms with Gasteiger partial charge < -0.3 is 10.4 Å². The van der Waals surface area contributed by atoms with Crippen LogP contribution in [0.25, 0.3) is 0 Å². The summed E-state index contributed by atoms with van der Waals surface area (Å²) in [5.41, 5.74) is 2.31. The molecule has 0 saturated heterocycles. The number of anilines is 1. The summed E-state index contributed by atoms with van der Waals surface area (Å²) < 4.78 is 0. The van der Waals surface area contributed by atoms with E-state index in [0.717, 1.165) is 5.69 Å². The highest BCUT2D eigenvalue weighted by Crippen LogP contribution is 2.22. The van der Waals surface area contributed by atoms with E-state index in [1.807, 2.05) is 17.5 Å². The van der Waals surface area contributed by atoms with Gasteiger partial charge in [-0.15, -0.1) is 0 Å². The zero-order valence-electron chi connectivity index (χ0n) is 8.47. The third-order valence-corrected chi connectivity index (χ3v) is 2.98. The number of rotatable bonds is 3. The molecule has 0 aliphatic rings. The Morgan fingerprint density at radius 3 is 2.53 bits per heavy atom. The van der Waals surface area contributed by atoms with Crippen LogP contribution in [0.15, 0.2) is 41.1 Å². The molecule has 0 aliphatic heterocycles. The Balaban J connectivity index is 2.08. The molecule has 2 nitrogen and oxygen atoms in total. The van der Waals surface area contributed by atoms with Crippen molar-refractivity contribution in [2.45, 2.75) is 13.0 Å². The highest BCUT2D eigenvalue weighted by atomic mass is 32.1. The van der Waals surface area contributed by atoms with Crippen LogP contribution < -0.4 is 5.32 Å². The van der Waals surface area contributed by atoms with Crippen LogP contribution in [-0.2, 0) is 0 Å². The lowest BCUT2D eigenvalue weighted by Gasteiger charge is -2.14. The molecule has 15 heavy (non-hydrogen) atoms. The first kappa shape index (κ1) is 10.1. The molecule has 1 unspecified atom stereocenters. The second-order valence-corrected chi connectivity index (χ2v) is 4.25. The molecule has 78 valence electrons. The lowest BCUT2D eigenvalue weighted by Crippen LogP contribution is -2.05. The molecule has 1 aromatic carbocycles. The molecule has 0 fully saturated rings. The molecule has 0 radical (unpaired) electrons. The molecule has 2 N–H and O–H groups in total. The van der Waals surface area contributed by atoms with Crippen molar-refractivity contribution < 1.29 is 5.11 Å². The lowest BCUT2D eigenvalue weighted by atomic mass is 10.1. The van der Waals surface area contributed by atoms with Crippen LogP contribution >= 0.6 is 11.3 Å². The van der Waals surface area contributed by atoms with Crippen LogP contribution in [0.2, 0.25) is 0 Å². The average Bonchev–Trinajstić information content (AvgIpc) is 2.71. The van der Waals surface area contributed by atoms with Crippen LogP contribution in [0.4, 0.5) is 5.69 Å². The van der Waals surface area contributed by atoms with Gasteiger partial charge in [0.15, 0.2) is 0 Å². The Labute approximate surface area is 93.2 Å². The second-order valence-electron chi connectivity index (χ2n) is 3.47. The minimum absolute atomic E-state index is 0.250. The monoisotopic (exact) mass is 219 g/mol. The van der Waals surface area contributed by atoms with Crippen LogP contribution in [0, 0.1) is 0 Å². The molecule has 3 heteroatoms. The van der Waals surface area contributed by atoms with Crippen LogP contribution in [0.1, 0.15) is 18.5 Å². The number of aromatic hydroxyl groups is 1. The minimum Gasteiger partial charge on any atom is -0.508 e. The van der Waals surface area contributed by atoms with Crippen molar-refractivity contribution >= 4 is 17.0 Å². The zero-order valence-corrected chi connectivity index (χ0v) is 9.29. The maximum absolute atomic E-state index is 9.18. The first-order valence-corrected chi connectivity index (χ1v) is 5.77. The van der Waals surface area contributed by atoms with Gasteiger partial charge in [0.1, 0.15) is 5.75 Å². The van der Waals surface area contributed by atoms with E-state index in [4.69, 9.17) is 0 Å². The van der Waals surface area contributed by atoms with Gasteiger partial charge in [-0.3, -0.25) is 0 Å². The fraction of sp³-hybridized carbons (Fsp3) is 0.167. The van der Waals surface area contributed by atoms with Crippen LogP contribution in [-0.4, -0.2) is 5.11 Å². The molecular formula is C12H13NOS. The number of hydrogen-bond acceptors (Lipinski definition) is 3. The molecule has 0 amide bonds. The molecular weight excluding hydrogens is 206 g/mol. The Morgan fingerprint density at radius 2 is 1.93 bits per heavy atom. The van der Waals surface area contributed by atoms with E-state index < -0.39 is 0 Å². The van der Waals surface area contributed by atoms with Gasteiger partial charge in [0.05, 0.1) is 0 Å². The van der Waals surface area contributed by atoms with Crippen LogP contribution in [0.3, 0.4) is 0 Å². The predicted octanol–water partition coefficient (Wildman–Crippen LogP) is 3.63. The molecule has 2 aromatic rings. The second kappa shape index (κ2) is 4.36. The molecule has 0 saturated carbocycles. The van der Waals surface area contributed by atoms with Crippen molar-refractivity contribution in [2.75, 3.05) is 5.32 Å². The molecule has 1 heterocycles. The highest BCUT2D eigenvalue weighted by molar-refractivity contribution is 7.08. The summed E-state index contributed by atoms with van der Waals surface area (Å²) in [7, 11) is 0. The van der Waals surface area contributed by atoms with Gasteiger partial charge in [0.25, 0.3) is 0 Å². The number of thiophene rings is 1. The fourth-order valence-corrected chi connectivity index (χ4v) is 2.04. The molecule has 1 aromatic heterocycles. The van der Waals surface area contributed by atoms with Gasteiger partial charge in [-0.05, 0) is 36.1 Å². The third-order valence-electron chi connectivity index (χ3n) is 2.30. The quantitative estimate of drug-likeness (QED) is 0.826. The number of hydrogen-bond donors (Lipinski definition) is 2. The SMILES string of the molecule is CC(Nc1ccsc1)c1ccc(O)cc1. The molecule has 0 spiro atoms. The summed E-state index contributed by atoms with van der Waals surface area (Å²) >= 11 is 1.68. The lowest BCUT2D eigenvalue weighted by molar-refractivity contribution is 0.475. The fourth-order valence-electron chi connectivity index (χ4n) is 1.44. The summed E-state index contributed by atoms with van der Waals surface area (Å²) in [6.07, 6.45) is 0. The highest BCUT2D eigenvalue weighted by Gasteiger charge is 2.04. The first-order chi connectivity index (χ1) is 7.25. The number of phenols is 1. The van der Waals surface area contributed by atoms with E-state index in [1.165, 1.54) is 5.56 Å². The first-order valence-electron chi connectivity index (χ1n) is 4.83. The normalized spacial score (nSPS) is 12.3. The topological polar surface area (TPSA) is 32.3 Å². The Kier molecular flexibility index (Phi) is 2.92. The van der Waals surface area contributed by atoms with E-state index in [1.54, 1.807) is 23.5 Å².